The predicted octanol–water partition coefficient (Wildman–Crippen LogP) is 4.10. The number of benzene rings is 1. The first-order chi connectivity index (χ1) is 8.61. The molecule has 0 saturated heterocycles. The molecule has 0 aliphatic rings. The maximum atomic E-state index is 10.3. The zero-order valence-electron chi connectivity index (χ0n) is 10.3. The second kappa shape index (κ2) is 5.87. The molecule has 0 spiro atoms. The van der Waals surface area contributed by atoms with E-state index in [2.05, 4.69) is 15.9 Å². The zero-order chi connectivity index (χ0) is 13.1. The summed E-state index contributed by atoms with van der Waals surface area (Å²) in [5.74, 6) is 0.823. The van der Waals surface area contributed by atoms with Crippen LogP contribution < -0.4 is 4.74 Å². The van der Waals surface area contributed by atoms with Crippen LogP contribution in [-0.4, -0.2) is 12.2 Å². The van der Waals surface area contributed by atoms with Crippen molar-refractivity contribution in [3.8, 4) is 5.75 Å². The number of hydrogen-bond donors (Lipinski definition) is 1. The van der Waals surface area contributed by atoms with Gasteiger partial charge in [-0.05, 0) is 40.5 Å². The summed E-state index contributed by atoms with van der Waals surface area (Å²) < 4.78 is 6.35. The number of halogens is 1. The van der Waals surface area contributed by atoms with Crippen LogP contribution in [0.15, 0.2) is 34.8 Å². The van der Waals surface area contributed by atoms with Gasteiger partial charge in [0.1, 0.15) is 5.75 Å². The summed E-state index contributed by atoms with van der Waals surface area (Å²) in [7, 11) is 1.65. The number of aliphatic hydroxyl groups is 1. The minimum atomic E-state index is -0.490. The normalized spacial score (nSPS) is 12.4. The molecule has 0 aliphatic heterocycles. The van der Waals surface area contributed by atoms with Gasteiger partial charge in [-0.2, -0.15) is 0 Å². The standard InChI is InChI=1S/C14H15BrO2S/c1-9-11(15)8-14(18-9)12(16)7-10-5-3-4-6-13(10)17-2/h3-6,8,12,16H,7H2,1-2H3. The molecule has 2 aromatic rings. The molecular weight excluding hydrogens is 312 g/mol. The van der Waals surface area contributed by atoms with Crippen LogP contribution >= 0.6 is 27.3 Å². The molecule has 4 heteroatoms. The van der Waals surface area contributed by atoms with E-state index in [1.54, 1.807) is 18.4 Å². The average Bonchev–Trinajstić information content (AvgIpc) is 2.70. The van der Waals surface area contributed by atoms with Crippen LogP contribution in [0.25, 0.3) is 0 Å². The van der Waals surface area contributed by atoms with Crippen molar-refractivity contribution in [2.75, 3.05) is 7.11 Å². The van der Waals surface area contributed by atoms with E-state index in [1.165, 1.54) is 4.88 Å². The zero-order valence-corrected chi connectivity index (χ0v) is 12.7. The van der Waals surface area contributed by atoms with Gasteiger partial charge in [-0.3, -0.25) is 0 Å². The lowest BCUT2D eigenvalue weighted by Crippen LogP contribution is -2.01. The van der Waals surface area contributed by atoms with Crippen molar-refractivity contribution in [3.05, 3.63) is 50.1 Å². The number of aryl methyl sites for hydroxylation is 1. The van der Waals surface area contributed by atoms with E-state index in [9.17, 15) is 5.11 Å². The second-order valence-corrected chi connectivity index (χ2v) is 6.23. The average molecular weight is 327 g/mol. The van der Waals surface area contributed by atoms with Crippen LogP contribution in [-0.2, 0) is 6.42 Å². The van der Waals surface area contributed by atoms with E-state index in [1.807, 2.05) is 37.3 Å². The number of para-hydroxylation sites is 1. The summed E-state index contributed by atoms with van der Waals surface area (Å²) in [6.07, 6.45) is 0.0763. The number of rotatable bonds is 4. The van der Waals surface area contributed by atoms with Gasteiger partial charge < -0.3 is 9.84 Å². The van der Waals surface area contributed by atoms with Gasteiger partial charge in [-0.25, -0.2) is 0 Å². The molecule has 0 fully saturated rings. The van der Waals surface area contributed by atoms with Gasteiger partial charge in [0.05, 0.1) is 13.2 Å². The topological polar surface area (TPSA) is 29.5 Å². The quantitative estimate of drug-likeness (QED) is 0.916. The van der Waals surface area contributed by atoms with Crippen LogP contribution in [0.2, 0.25) is 0 Å². The Morgan fingerprint density at radius 2 is 2.11 bits per heavy atom. The maximum absolute atomic E-state index is 10.3. The smallest absolute Gasteiger partial charge is 0.122 e. The van der Waals surface area contributed by atoms with E-state index >= 15 is 0 Å². The van der Waals surface area contributed by atoms with Crippen molar-refractivity contribution < 1.29 is 9.84 Å². The van der Waals surface area contributed by atoms with Crippen molar-refractivity contribution in [3.63, 3.8) is 0 Å². The van der Waals surface area contributed by atoms with Crippen molar-refractivity contribution in [2.45, 2.75) is 19.4 Å². The van der Waals surface area contributed by atoms with Crippen LogP contribution in [0.4, 0.5) is 0 Å². The molecule has 1 heterocycles. The Bertz CT molecular complexity index is 517. The summed E-state index contributed by atoms with van der Waals surface area (Å²) in [6, 6.07) is 9.77. The first-order valence-electron chi connectivity index (χ1n) is 5.67. The third-order valence-corrected chi connectivity index (χ3v) is 5.05. The lowest BCUT2D eigenvalue weighted by molar-refractivity contribution is 0.181. The Balaban J connectivity index is 2.18. The van der Waals surface area contributed by atoms with Crippen molar-refractivity contribution in [2.24, 2.45) is 0 Å². The number of aliphatic hydroxyl groups excluding tert-OH is 1. The fourth-order valence-electron chi connectivity index (χ4n) is 1.83. The van der Waals surface area contributed by atoms with Gasteiger partial charge >= 0.3 is 0 Å². The van der Waals surface area contributed by atoms with Crippen LogP contribution in [0.5, 0.6) is 5.75 Å². The first-order valence-corrected chi connectivity index (χ1v) is 7.28. The second-order valence-electron chi connectivity index (χ2n) is 4.08. The summed E-state index contributed by atoms with van der Waals surface area (Å²) in [4.78, 5) is 2.16. The van der Waals surface area contributed by atoms with Gasteiger partial charge in [-0.1, -0.05) is 18.2 Å². The molecule has 0 radical (unpaired) electrons. The molecule has 0 amide bonds. The number of methoxy groups -OCH3 is 1. The monoisotopic (exact) mass is 326 g/mol. The fraction of sp³-hybridized carbons (Fsp3) is 0.286. The van der Waals surface area contributed by atoms with E-state index < -0.39 is 6.10 Å². The Hall–Kier alpha value is -0.840. The van der Waals surface area contributed by atoms with E-state index in [0.717, 1.165) is 20.7 Å². The molecule has 0 saturated carbocycles. The van der Waals surface area contributed by atoms with Crippen molar-refractivity contribution in [1.29, 1.82) is 0 Å². The number of hydrogen-bond acceptors (Lipinski definition) is 3. The number of thiophene rings is 1. The van der Waals surface area contributed by atoms with E-state index in [0.29, 0.717) is 6.42 Å². The lowest BCUT2D eigenvalue weighted by Gasteiger charge is -2.11. The van der Waals surface area contributed by atoms with Gasteiger partial charge in [0.25, 0.3) is 0 Å². The molecule has 18 heavy (non-hydrogen) atoms. The van der Waals surface area contributed by atoms with Crippen LogP contribution in [0, 0.1) is 6.92 Å². The molecule has 1 unspecified atom stereocenters. The van der Waals surface area contributed by atoms with E-state index in [-0.39, 0.29) is 0 Å². The summed E-state index contributed by atoms with van der Waals surface area (Å²) in [5, 5.41) is 10.3. The highest BCUT2D eigenvalue weighted by atomic mass is 79.9. The number of ether oxygens (including phenoxy) is 1. The molecule has 1 aromatic carbocycles. The first kappa shape index (κ1) is 13.6. The van der Waals surface area contributed by atoms with Gasteiger partial charge in [0.15, 0.2) is 0 Å². The summed E-state index contributed by atoms with van der Waals surface area (Å²) >= 11 is 5.09. The van der Waals surface area contributed by atoms with Crippen molar-refractivity contribution in [1.82, 2.24) is 0 Å². The van der Waals surface area contributed by atoms with Crippen LogP contribution in [0.1, 0.15) is 21.4 Å². The molecule has 1 aromatic heterocycles. The molecule has 1 atom stereocenters. The fourth-order valence-corrected chi connectivity index (χ4v) is 3.37. The van der Waals surface area contributed by atoms with Crippen LogP contribution in [0.3, 0.4) is 0 Å². The third-order valence-electron chi connectivity index (χ3n) is 2.81. The lowest BCUT2D eigenvalue weighted by atomic mass is 10.1. The predicted molar refractivity (Wildman–Crippen MR) is 78.4 cm³/mol. The molecule has 0 bridgehead atoms. The SMILES string of the molecule is COc1ccccc1CC(O)c1cc(Br)c(C)s1. The molecular formula is C14H15BrO2S. The van der Waals surface area contributed by atoms with E-state index in [4.69, 9.17) is 4.74 Å². The third kappa shape index (κ3) is 2.94. The molecule has 2 nitrogen and oxygen atoms in total. The highest BCUT2D eigenvalue weighted by molar-refractivity contribution is 9.10. The Morgan fingerprint density at radius 3 is 2.72 bits per heavy atom. The summed E-state index contributed by atoms with van der Waals surface area (Å²) in [6.45, 7) is 2.04. The molecule has 96 valence electrons. The Labute approximate surface area is 119 Å². The highest BCUT2D eigenvalue weighted by Crippen LogP contribution is 2.33. The summed E-state index contributed by atoms with van der Waals surface area (Å²) in [5.41, 5.74) is 1.02. The van der Waals surface area contributed by atoms with Gasteiger partial charge in [-0.15, -0.1) is 11.3 Å². The van der Waals surface area contributed by atoms with Gasteiger partial charge in [0, 0.05) is 20.6 Å². The maximum Gasteiger partial charge on any atom is 0.122 e. The molecule has 0 aliphatic carbocycles. The Kier molecular flexibility index (Phi) is 4.43. The van der Waals surface area contributed by atoms with Crippen molar-refractivity contribution >= 4 is 27.3 Å². The molecule has 2 rings (SSSR count). The highest BCUT2D eigenvalue weighted by Gasteiger charge is 2.15. The minimum absolute atomic E-state index is 0.490. The largest absolute Gasteiger partial charge is 0.496 e. The minimum Gasteiger partial charge on any atom is -0.496 e. The Morgan fingerprint density at radius 1 is 1.39 bits per heavy atom. The molecule has 1 N–H and O–H groups in total. The van der Waals surface area contributed by atoms with Gasteiger partial charge in [0.2, 0.25) is 0 Å².